The quantitative estimate of drug-likeness (QED) is 0.469. The molecule has 2 N–H and O–H groups in total. The molecular weight excluding hydrogens is 112 g/mol. The van der Waals surface area contributed by atoms with E-state index < -0.39 is 17.8 Å². The summed E-state index contributed by atoms with van der Waals surface area (Å²) in [5.41, 5.74) is 0. The van der Waals surface area contributed by atoms with Gasteiger partial charge in [-0.2, -0.15) is 0 Å². The number of carboxylic acids is 1. The highest BCUT2D eigenvalue weighted by Crippen LogP contribution is 1.82. The molecule has 0 aromatic heterocycles. The van der Waals surface area contributed by atoms with Gasteiger partial charge in [-0.25, -0.2) is 4.79 Å². The molecule has 1 atom stereocenters. The monoisotopic (exact) mass is 120 g/mol. The summed E-state index contributed by atoms with van der Waals surface area (Å²) in [6, 6.07) is 0. The van der Waals surface area contributed by atoms with E-state index in [1.165, 1.54) is 0 Å². The maximum absolute atomic E-state index is 10.3. The Morgan fingerprint density at radius 2 is 2.38 bits per heavy atom. The zero-order chi connectivity index (χ0) is 8.36. The first-order valence-electron chi connectivity index (χ1n) is 2.74. The summed E-state index contributed by atoms with van der Waals surface area (Å²) in [6.07, 6.45) is -2.76. The van der Waals surface area contributed by atoms with Crippen LogP contribution in [-0.4, -0.2) is 29.5 Å². The molecule has 0 aliphatic rings. The Morgan fingerprint density at radius 3 is 2.38 bits per heavy atom. The van der Waals surface area contributed by atoms with Crippen LogP contribution in [0.25, 0.3) is 0 Å². The predicted octanol–water partition coefficient (Wildman–Crippen LogP) is -0.979. The largest absolute Gasteiger partial charge is 0.479 e. The molecule has 0 aliphatic carbocycles. The second-order valence-corrected chi connectivity index (χ2v) is 1.19. The van der Waals surface area contributed by atoms with Crippen LogP contribution in [0.2, 0.25) is 0 Å². The van der Waals surface area contributed by atoms with Crippen LogP contribution in [0.4, 0.5) is 0 Å². The van der Waals surface area contributed by atoms with Crippen molar-refractivity contribution in [3.05, 3.63) is 0 Å². The summed E-state index contributed by atoms with van der Waals surface area (Å²) in [4.78, 5) is 20.4. The van der Waals surface area contributed by atoms with E-state index in [4.69, 9.17) is 7.91 Å². The van der Waals surface area contributed by atoms with Gasteiger partial charge in [-0.1, -0.05) is 0 Å². The van der Waals surface area contributed by atoms with Crippen molar-refractivity contribution in [2.75, 3.05) is 0 Å². The first-order chi connectivity index (χ1) is 4.45. The summed E-state index contributed by atoms with van der Waals surface area (Å²) in [6.45, 7) is 0.871. The Morgan fingerprint density at radius 1 is 1.88 bits per heavy atom. The Balaban J connectivity index is 4.55. The summed E-state index contributed by atoms with van der Waals surface area (Å²) in [5.74, 6) is -2.81. The summed E-state index contributed by atoms with van der Waals surface area (Å²) in [7, 11) is 0. The molecule has 0 bridgehead atoms. The Bertz CT molecular complexity index is 153. The number of ketones is 1. The number of hydrogen-bond acceptors (Lipinski definition) is 3. The first kappa shape index (κ1) is 4.03. The molecule has 1 unspecified atom stereocenters. The second-order valence-electron chi connectivity index (χ2n) is 1.19. The highest BCUT2D eigenvalue weighted by atomic mass is 16.4. The highest BCUT2D eigenvalue weighted by molar-refractivity contribution is 5.99. The van der Waals surface area contributed by atoms with Crippen LogP contribution in [0.3, 0.4) is 0 Å². The Labute approximate surface area is 48.6 Å². The van der Waals surface area contributed by atoms with Crippen LogP contribution in [-0.2, 0) is 9.59 Å². The molecule has 0 radical (unpaired) electrons. The summed E-state index contributed by atoms with van der Waals surface area (Å²) < 4.78 is 12.8. The van der Waals surface area contributed by atoms with Gasteiger partial charge < -0.3 is 10.2 Å². The average molecular weight is 120 g/mol. The standard InChI is InChI=1S/C4H6O4/c1-2(5)3(6)4(7)8/h3,6H,1H3,(H,7,8)/i3D,6D. The molecule has 0 rings (SSSR count). The average Bonchev–Trinajstić information content (AvgIpc) is 1.85. The van der Waals surface area contributed by atoms with Gasteiger partial charge in [0, 0.05) is 0 Å². The minimum absolute atomic E-state index is 0.871. The third kappa shape index (κ3) is 1.70. The molecule has 0 fully saturated rings. The number of hydrogen-bond donors (Lipinski definition) is 2. The molecule has 0 saturated carbocycles. The lowest BCUT2D eigenvalue weighted by molar-refractivity contribution is -0.151. The van der Waals surface area contributed by atoms with E-state index in [0.717, 1.165) is 6.92 Å². The second kappa shape index (κ2) is 2.42. The van der Waals surface area contributed by atoms with Gasteiger partial charge in [0.05, 0.1) is 1.37 Å². The highest BCUT2D eigenvalue weighted by Gasteiger charge is 2.17. The van der Waals surface area contributed by atoms with Crippen molar-refractivity contribution in [3.8, 4) is 0 Å². The van der Waals surface area contributed by atoms with Crippen LogP contribution < -0.4 is 0 Å². The van der Waals surface area contributed by atoms with Crippen molar-refractivity contribution in [1.29, 1.82) is 1.43 Å². The van der Waals surface area contributed by atoms with Crippen LogP contribution >= 0.6 is 0 Å². The van der Waals surface area contributed by atoms with E-state index in [-0.39, 0.29) is 0 Å². The molecule has 0 heterocycles. The van der Waals surface area contributed by atoms with Gasteiger partial charge in [-0.05, 0) is 6.92 Å². The van der Waals surface area contributed by atoms with E-state index in [9.17, 15) is 9.59 Å². The lowest BCUT2D eigenvalue weighted by atomic mass is 10.3. The maximum Gasteiger partial charge on any atom is 0.340 e. The third-order valence-electron chi connectivity index (χ3n) is 0.514. The molecule has 0 saturated heterocycles. The third-order valence-corrected chi connectivity index (χ3v) is 0.514. The number of aliphatic hydroxyl groups is 1. The van der Waals surface area contributed by atoms with Crippen LogP contribution in [0.15, 0.2) is 0 Å². The molecule has 46 valence electrons. The number of carboxylic acid groups (broad SMARTS) is 1. The van der Waals surface area contributed by atoms with Gasteiger partial charge in [0.1, 0.15) is 0 Å². The van der Waals surface area contributed by atoms with E-state index in [1.807, 2.05) is 0 Å². The fourth-order valence-electron chi connectivity index (χ4n) is 0.151. The fraction of sp³-hybridized carbons (Fsp3) is 0.500. The van der Waals surface area contributed by atoms with Crippen LogP contribution in [0.5, 0.6) is 0 Å². The van der Waals surface area contributed by atoms with Gasteiger partial charge in [0.25, 0.3) is 0 Å². The molecule has 4 heteroatoms. The summed E-state index contributed by atoms with van der Waals surface area (Å²) in [5, 5.41) is 11.6. The number of carbonyl (C=O) groups is 2. The molecule has 4 nitrogen and oxygen atoms in total. The smallest absolute Gasteiger partial charge is 0.340 e. The van der Waals surface area contributed by atoms with Crippen molar-refractivity contribution in [2.24, 2.45) is 0 Å². The zero-order valence-corrected chi connectivity index (χ0v) is 4.17. The molecule has 0 aromatic rings. The van der Waals surface area contributed by atoms with E-state index in [2.05, 4.69) is 5.11 Å². The molecule has 8 heavy (non-hydrogen) atoms. The predicted molar refractivity (Wildman–Crippen MR) is 24.3 cm³/mol. The molecular formula is C4H6O4. The van der Waals surface area contributed by atoms with E-state index >= 15 is 0 Å². The summed E-state index contributed by atoms with van der Waals surface area (Å²) >= 11 is 0. The van der Waals surface area contributed by atoms with Crippen molar-refractivity contribution in [2.45, 2.75) is 13.0 Å². The first-order valence-corrected chi connectivity index (χ1v) is 1.84. The van der Waals surface area contributed by atoms with Crippen molar-refractivity contribution < 1.29 is 21.2 Å². The lowest BCUT2D eigenvalue weighted by Gasteiger charge is -1.95. The van der Waals surface area contributed by atoms with Gasteiger partial charge in [0.2, 0.25) is 7.51 Å². The van der Waals surface area contributed by atoms with Crippen molar-refractivity contribution in [3.63, 3.8) is 0 Å². The molecule has 0 spiro atoms. The SMILES string of the molecule is [2H]OC([2H])(C(C)=O)C(=O)O. The Hall–Kier alpha value is -0.900. The maximum atomic E-state index is 10.3. The number of aliphatic carboxylic acids is 1. The van der Waals surface area contributed by atoms with Crippen molar-refractivity contribution >= 4 is 11.8 Å². The van der Waals surface area contributed by atoms with E-state index in [0.29, 0.717) is 0 Å². The minimum Gasteiger partial charge on any atom is -0.479 e. The number of carbonyl (C=O) groups excluding carboxylic acids is 1. The van der Waals surface area contributed by atoms with Gasteiger partial charge >= 0.3 is 5.97 Å². The minimum atomic E-state index is -2.76. The fourth-order valence-corrected chi connectivity index (χ4v) is 0.151. The molecule has 0 aliphatic heterocycles. The van der Waals surface area contributed by atoms with Gasteiger partial charge in [-0.3, -0.25) is 4.79 Å². The normalized spacial score (nSPS) is 20.1. The van der Waals surface area contributed by atoms with Crippen molar-refractivity contribution in [1.82, 2.24) is 0 Å². The molecule has 0 amide bonds. The van der Waals surface area contributed by atoms with Gasteiger partial charge in [0.15, 0.2) is 5.78 Å². The van der Waals surface area contributed by atoms with E-state index in [1.54, 1.807) is 0 Å². The lowest BCUT2D eigenvalue weighted by Crippen LogP contribution is -2.26. The van der Waals surface area contributed by atoms with Crippen LogP contribution in [0, 0.1) is 0 Å². The number of rotatable bonds is 3. The van der Waals surface area contributed by atoms with Gasteiger partial charge in [-0.15, -0.1) is 0 Å². The zero-order valence-electron chi connectivity index (χ0n) is 6.17. The van der Waals surface area contributed by atoms with Crippen LogP contribution in [0.1, 0.15) is 8.29 Å². The number of Topliss-reactive ketones (excluding diaryl/α,β-unsaturated/α-hetero) is 1. The Kier molecular flexibility index (Phi) is 1.22. The topological polar surface area (TPSA) is 74.6 Å². The molecule has 0 aromatic carbocycles.